The molecule has 0 radical (unpaired) electrons. The molecular weight excluding hydrogens is 399 g/mol. The van der Waals surface area contributed by atoms with Gasteiger partial charge in [0.05, 0.1) is 6.10 Å². The Balaban J connectivity index is 1.48. The van der Waals surface area contributed by atoms with Crippen molar-refractivity contribution < 1.29 is 28.4 Å². The molecule has 170 valence electrons. The van der Waals surface area contributed by atoms with Crippen molar-refractivity contribution in [1.82, 2.24) is 0 Å². The van der Waals surface area contributed by atoms with Gasteiger partial charge in [-0.25, -0.2) is 4.39 Å². The third kappa shape index (κ3) is 2.06. The van der Waals surface area contributed by atoms with Crippen LogP contribution in [-0.2, 0) is 18.9 Å². The molecule has 0 aromatic heterocycles. The van der Waals surface area contributed by atoms with Crippen LogP contribution < -0.4 is 0 Å². The Kier molecular flexibility index (Phi) is 4.04. The number of aliphatic hydroxyl groups is 1. The van der Waals surface area contributed by atoms with Gasteiger partial charge in [-0.15, -0.1) is 0 Å². The number of alkyl halides is 1. The molecule has 4 aliphatic carbocycles. The van der Waals surface area contributed by atoms with Crippen LogP contribution in [0.5, 0.6) is 0 Å². The van der Waals surface area contributed by atoms with Gasteiger partial charge in [0.25, 0.3) is 0 Å². The topological polar surface area (TPSA) is 57.2 Å². The molecule has 2 aliphatic heterocycles. The molecule has 2 saturated heterocycles. The van der Waals surface area contributed by atoms with Crippen molar-refractivity contribution in [3.63, 3.8) is 0 Å². The van der Waals surface area contributed by atoms with Crippen LogP contribution in [0.15, 0.2) is 36.0 Å². The van der Waals surface area contributed by atoms with Crippen LogP contribution >= 0.6 is 0 Å². The summed E-state index contributed by atoms with van der Waals surface area (Å²) in [7, 11) is 0. The minimum Gasteiger partial charge on any atom is -0.390 e. The zero-order chi connectivity index (χ0) is 21.9. The summed E-state index contributed by atoms with van der Waals surface area (Å²) >= 11 is 0. The Morgan fingerprint density at radius 2 is 1.94 bits per heavy atom. The van der Waals surface area contributed by atoms with Crippen LogP contribution in [0.2, 0.25) is 0 Å². The van der Waals surface area contributed by atoms with Crippen molar-refractivity contribution in [3.8, 4) is 0 Å². The summed E-state index contributed by atoms with van der Waals surface area (Å²) in [6, 6.07) is 0. The van der Waals surface area contributed by atoms with Gasteiger partial charge >= 0.3 is 0 Å². The highest BCUT2D eigenvalue weighted by atomic mass is 19.1. The Bertz CT molecular complexity index is 887. The molecule has 31 heavy (non-hydrogen) atoms. The van der Waals surface area contributed by atoms with Crippen molar-refractivity contribution in [2.45, 2.75) is 69.6 Å². The minimum atomic E-state index is -1.73. The molecule has 1 unspecified atom stereocenters. The van der Waals surface area contributed by atoms with E-state index in [1.165, 1.54) is 0 Å². The van der Waals surface area contributed by atoms with Gasteiger partial charge < -0.3 is 24.1 Å². The van der Waals surface area contributed by atoms with Crippen molar-refractivity contribution in [2.24, 2.45) is 28.6 Å². The highest BCUT2D eigenvalue weighted by Crippen LogP contribution is 2.74. The van der Waals surface area contributed by atoms with Gasteiger partial charge in [0.1, 0.15) is 12.2 Å². The number of hydrogen-bond acceptors (Lipinski definition) is 5. The second kappa shape index (κ2) is 6.09. The van der Waals surface area contributed by atoms with Gasteiger partial charge in [0.2, 0.25) is 5.79 Å². The van der Waals surface area contributed by atoms with E-state index < -0.39 is 34.0 Å². The van der Waals surface area contributed by atoms with Crippen molar-refractivity contribution in [1.29, 1.82) is 0 Å². The fourth-order valence-corrected chi connectivity index (χ4v) is 8.81. The van der Waals surface area contributed by atoms with Crippen molar-refractivity contribution in [3.05, 3.63) is 36.0 Å². The number of aliphatic hydroxyl groups excluding tert-OH is 1. The van der Waals surface area contributed by atoms with E-state index in [4.69, 9.17) is 18.9 Å². The van der Waals surface area contributed by atoms with Gasteiger partial charge in [0.15, 0.2) is 19.3 Å². The minimum absolute atomic E-state index is 0.0515. The summed E-state index contributed by atoms with van der Waals surface area (Å²) < 4.78 is 41.5. The summed E-state index contributed by atoms with van der Waals surface area (Å²) in [5.74, 6) is -1.12. The van der Waals surface area contributed by atoms with E-state index in [0.29, 0.717) is 19.4 Å². The summed E-state index contributed by atoms with van der Waals surface area (Å²) in [4.78, 5) is 0. The third-order valence-electron chi connectivity index (χ3n) is 10.1. The van der Waals surface area contributed by atoms with Crippen LogP contribution in [0.3, 0.4) is 0 Å². The summed E-state index contributed by atoms with van der Waals surface area (Å²) in [6.45, 7) is 10.9. The summed E-state index contributed by atoms with van der Waals surface area (Å²) in [6.07, 6.45) is 7.41. The van der Waals surface area contributed by atoms with Gasteiger partial charge in [-0.2, -0.15) is 0 Å². The fraction of sp³-hybridized carbons (Fsp3) is 0.760. The molecule has 6 rings (SSSR count). The average Bonchev–Trinajstić information content (AvgIpc) is 3.40. The molecule has 0 amide bonds. The van der Waals surface area contributed by atoms with E-state index in [0.717, 1.165) is 24.0 Å². The Morgan fingerprint density at radius 3 is 2.68 bits per heavy atom. The molecule has 1 N–H and O–H groups in total. The predicted octanol–water partition coefficient (Wildman–Crippen LogP) is 4.03. The Labute approximate surface area is 183 Å². The van der Waals surface area contributed by atoms with Gasteiger partial charge in [-0.3, -0.25) is 0 Å². The van der Waals surface area contributed by atoms with E-state index in [1.54, 1.807) is 0 Å². The maximum Gasteiger partial charge on any atom is 0.227 e. The molecule has 0 bridgehead atoms. The standard InChI is InChI=1S/C25H33FO5/c1-15-7-8-21(3)17(9-15)5-6-18-19-10-16(2)25(22(19,4)11-20(27)24(18,21)26)23(30-14-31-25)12-28-13-29-23/h7-9,16,18-20,27H,1,5-6,10-14H2,2-4H3/t16-,18+,19+,20+,21+,22+,23?,24+,25-/m1/s1. The summed E-state index contributed by atoms with van der Waals surface area (Å²) in [5, 5.41) is 11.6. The number of rotatable bonds is 0. The first-order valence-electron chi connectivity index (χ1n) is 11.6. The van der Waals surface area contributed by atoms with Crippen LogP contribution in [0.25, 0.3) is 0 Å². The summed E-state index contributed by atoms with van der Waals surface area (Å²) in [5.41, 5.74) is -1.87. The Morgan fingerprint density at radius 1 is 1.16 bits per heavy atom. The van der Waals surface area contributed by atoms with Crippen LogP contribution in [-0.4, -0.2) is 48.5 Å². The molecule has 9 atom stereocenters. The highest BCUT2D eigenvalue weighted by molar-refractivity contribution is 5.47. The number of allylic oxidation sites excluding steroid dienone is 5. The normalized spacial score (nSPS) is 57.8. The van der Waals surface area contributed by atoms with Gasteiger partial charge in [-0.05, 0) is 50.0 Å². The fourth-order valence-electron chi connectivity index (χ4n) is 8.81. The van der Waals surface area contributed by atoms with E-state index in [2.05, 4.69) is 20.4 Å². The van der Waals surface area contributed by atoms with E-state index in [9.17, 15) is 5.11 Å². The molecule has 5 nitrogen and oxygen atoms in total. The molecule has 2 spiro atoms. The predicted molar refractivity (Wildman–Crippen MR) is 111 cm³/mol. The second-order valence-corrected chi connectivity index (χ2v) is 11.1. The van der Waals surface area contributed by atoms with Crippen LogP contribution in [0.1, 0.15) is 46.5 Å². The van der Waals surface area contributed by atoms with Crippen molar-refractivity contribution in [2.75, 3.05) is 20.2 Å². The van der Waals surface area contributed by atoms with E-state index in [1.807, 2.05) is 25.2 Å². The third-order valence-corrected chi connectivity index (χ3v) is 10.1. The van der Waals surface area contributed by atoms with Crippen molar-refractivity contribution >= 4 is 0 Å². The molecule has 0 aromatic carbocycles. The second-order valence-electron chi connectivity index (χ2n) is 11.1. The average molecular weight is 433 g/mol. The SMILES string of the molecule is C=C1C=C[C@@]2(C)C(=C1)CC[C@H]1[C@@H]3C[C@@H](C)[C@@]4(OCOC45COCO5)[C@@]3(C)C[C@H](O)[C@@]12F. The van der Waals surface area contributed by atoms with Crippen LogP contribution in [0, 0.1) is 28.6 Å². The molecular formula is C25H33FO5. The lowest BCUT2D eigenvalue weighted by atomic mass is 9.44. The molecule has 6 aliphatic rings. The first-order chi connectivity index (χ1) is 14.6. The lowest BCUT2D eigenvalue weighted by molar-refractivity contribution is -0.277. The monoisotopic (exact) mass is 432 g/mol. The number of halogens is 1. The van der Waals surface area contributed by atoms with Gasteiger partial charge in [0, 0.05) is 16.7 Å². The maximum atomic E-state index is 17.3. The van der Waals surface area contributed by atoms with E-state index in [-0.39, 0.29) is 31.3 Å². The maximum absolute atomic E-state index is 17.3. The molecule has 6 heteroatoms. The molecule has 3 saturated carbocycles. The van der Waals surface area contributed by atoms with Crippen LogP contribution in [0.4, 0.5) is 4.39 Å². The smallest absolute Gasteiger partial charge is 0.227 e. The molecule has 0 aromatic rings. The quantitative estimate of drug-likeness (QED) is 0.626. The first kappa shape index (κ1) is 20.5. The first-order valence-corrected chi connectivity index (χ1v) is 11.6. The molecule has 5 fully saturated rings. The lowest BCUT2D eigenvalue weighted by Gasteiger charge is -2.63. The number of hydrogen-bond donors (Lipinski definition) is 1. The number of fused-ring (bicyclic) bond motifs is 7. The molecule has 2 heterocycles. The van der Waals surface area contributed by atoms with E-state index >= 15 is 4.39 Å². The highest BCUT2D eigenvalue weighted by Gasteiger charge is 2.81. The number of ether oxygens (including phenoxy) is 4. The zero-order valence-corrected chi connectivity index (χ0v) is 18.7. The van der Waals surface area contributed by atoms with Gasteiger partial charge in [-0.1, -0.05) is 44.2 Å². The Hall–Kier alpha value is -1.05. The zero-order valence-electron chi connectivity index (χ0n) is 18.7. The lowest BCUT2D eigenvalue weighted by Crippen LogP contribution is -2.71. The largest absolute Gasteiger partial charge is 0.390 e.